The molecule has 1 unspecified atom stereocenters. The molecule has 10 heteroatoms. The Morgan fingerprint density at radius 3 is 2.78 bits per heavy atom. The van der Waals surface area contributed by atoms with Gasteiger partial charge in [0, 0.05) is 30.2 Å². The van der Waals surface area contributed by atoms with Gasteiger partial charge in [-0.05, 0) is 35.0 Å². The Labute approximate surface area is 149 Å². The monoisotopic (exact) mass is 425 g/mol. The molecule has 2 aliphatic heterocycles. The number of sulfonamides is 1. The van der Waals surface area contributed by atoms with Crippen LogP contribution in [0.3, 0.4) is 0 Å². The molecule has 0 bridgehead atoms. The lowest BCUT2D eigenvalue weighted by atomic mass is 10.2. The maximum atomic E-state index is 12.8. The third kappa shape index (κ3) is 3.48. The number of benzene rings is 1. The zero-order chi connectivity index (χ0) is 15.9. The molecule has 2 N–H and O–H groups in total. The molecule has 128 valence electrons. The highest BCUT2D eigenvalue weighted by Crippen LogP contribution is 2.37. The standard InChI is InChI=1S/C13H16BrN3O4S.ClH/c1-17(8-2-3-15-6-8)22(19,20)12-5-11-10(4-9(12)14)16-13(18)7-21-11;/h4-5,8,15H,2-3,6-7H2,1H3,(H,16,18);1H. The zero-order valence-electron chi connectivity index (χ0n) is 12.3. The second kappa shape index (κ2) is 6.94. The van der Waals surface area contributed by atoms with E-state index >= 15 is 0 Å². The fraction of sp³-hybridized carbons (Fsp3) is 0.462. The minimum atomic E-state index is -3.65. The average molecular weight is 427 g/mol. The lowest BCUT2D eigenvalue weighted by molar-refractivity contribution is -0.118. The Balaban J connectivity index is 0.00000192. The Morgan fingerprint density at radius 1 is 1.39 bits per heavy atom. The molecule has 0 saturated carbocycles. The lowest BCUT2D eigenvalue weighted by Gasteiger charge is -2.25. The van der Waals surface area contributed by atoms with Crippen LogP contribution in [0, 0.1) is 0 Å². The number of fused-ring (bicyclic) bond motifs is 1. The molecule has 0 aromatic heterocycles. The molecule has 1 aromatic rings. The Hall–Kier alpha value is -0.870. The van der Waals surface area contributed by atoms with Crippen LogP contribution in [0.1, 0.15) is 6.42 Å². The number of anilines is 1. The van der Waals surface area contributed by atoms with Crippen LogP contribution in [0.2, 0.25) is 0 Å². The molecule has 7 nitrogen and oxygen atoms in total. The first-order chi connectivity index (χ1) is 10.4. The van der Waals surface area contributed by atoms with Gasteiger partial charge in [0.25, 0.3) is 5.91 Å². The van der Waals surface area contributed by atoms with Gasteiger partial charge >= 0.3 is 0 Å². The Morgan fingerprint density at radius 2 is 2.13 bits per heavy atom. The van der Waals surface area contributed by atoms with Crippen molar-refractivity contribution >= 4 is 50.0 Å². The van der Waals surface area contributed by atoms with Gasteiger partial charge in [-0.25, -0.2) is 8.42 Å². The number of ether oxygens (including phenoxy) is 1. The van der Waals surface area contributed by atoms with Crippen LogP contribution in [0.5, 0.6) is 5.75 Å². The SMILES string of the molecule is CN(C1CCNC1)S(=O)(=O)c1cc2c(cc1Br)NC(=O)CO2.Cl. The second-order valence-electron chi connectivity index (χ2n) is 5.28. The summed E-state index contributed by atoms with van der Waals surface area (Å²) in [5, 5.41) is 5.81. The molecule has 1 fully saturated rings. The van der Waals surface area contributed by atoms with E-state index in [0.717, 1.165) is 13.0 Å². The Bertz CT molecular complexity index is 722. The number of halogens is 2. The summed E-state index contributed by atoms with van der Waals surface area (Å²) in [4.78, 5) is 11.5. The molecule has 1 amide bonds. The third-order valence-corrected chi connectivity index (χ3v) is 6.74. The summed E-state index contributed by atoms with van der Waals surface area (Å²) < 4.78 is 32.7. The number of rotatable bonds is 3. The second-order valence-corrected chi connectivity index (χ2v) is 8.10. The fourth-order valence-electron chi connectivity index (χ4n) is 2.58. The smallest absolute Gasteiger partial charge is 0.262 e. The van der Waals surface area contributed by atoms with Gasteiger partial charge in [-0.3, -0.25) is 4.79 Å². The molecule has 0 spiro atoms. The molecule has 0 aliphatic carbocycles. The summed E-state index contributed by atoms with van der Waals surface area (Å²) in [5.41, 5.74) is 0.465. The van der Waals surface area contributed by atoms with E-state index in [1.54, 1.807) is 13.1 Å². The van der Waals surface area contributed by atoms with E-state index < -0.39 is 10.0 Å². The first-order valence-electron chi connectivity index (χ1n) is 6.84. The van der Waals surface area contributed by atoms with Gasteiger partial charge in [0.05, 0.1) is 5.69 Å². The van der Waals surface area contributed by atoms with Gasteiger partial charge in [-0.2, -0.15) is 4.31 Å². The number of nitrogens with zero attached hydrogens (tertiary/aromatic N) is 1. The molecule has 3 rings (SSSR count). The van der Waals surface area contributed by atoms with Crippen molar-refractivity contribution in [1.29, 1.82) is 0 Å². The molecule has 1 atom stereocenters. The van der Waals surface area contributed by atoms with Crippen molar-refractivity contribution in [2.75, 3.05) is 32.1 Å². The van der Waals surface area contributed by atoms with Gasteiger partial charge in [-0.15, -0.1) is 12.4 Å². The first kappa shape index (κ1) is 18.5. The van der Waals surface area contributed by atoms with Crippen LogP contribution < -0.4 is 15.4 Å². The van der Waals surface area contributed by atoms with Gasteiger partial charge < -0.3 is 15.4 Å². The van der Waals surface area contributed by atoms with Crippen molar-refractivity contribution in [1.82, 2.24) is 9.62 Å². The van der Waals surface area contributed by atoms with Gasteiger partial charge in [0.1, 0.15) is 10.6 Å². The zero-order valence-corrected chi connectivity index (χ0v) is 15.6. The van der Waals surface area contributed by atoms with Crippen molar-refractivity contribution in [3.8, 4) is 5.75 Å². The summed E-state index contributed by atoms with van der Waals surface area (Å²) in [6.07, 6.45) is 0.783. The van der Waals surface area contributed by atoms with Crippen molar-refractivity contribution in [3.63, 3.8) is 0 Å². The first-order valence-corrected chi connectivity index (χ1v) is 9.08. The van der Waals surface area contributed by atoms with Crippen LogP contribution >= 0.6 is 28.3 Å². The van der Waals surface area contributed by atoms with Gasteiger partial charge in [-0.1, -0.05) is 0 Å². The topological polar surface area (TPSA) is 87.7 Å². The van der Waals surface area contributed by atoms with E-state index in [2.05, 4.69) is 26.6 Å². The third-order valence-electron chi connectivity index (χ3n) is 3.87. The molecule has 1 aromatic carbocycles. The number of carbonyl (C=O) groups excluding carboxylic acids is 1. The molecular weight excluding hydrogens is 410 g/mol. The Kier molecular flexibility index (Phi) is 5.57. The highest BCUT2D eigenvalue weighted by Gasteiger charge is 2.32. The highest BCUT2D eigenvalue weighted by molar-refractivity contribution is 9.10. The van der Waals surface area contributed by atoms with Crippen LogP contribution in [-0.4, -0.2) is 51.4 Å². The highest BCUT2D eigenvalue weighted by atomic mass is 79.9. The van der Waals surface area contributed by atoms with Gasteiger partial charge in [0.2, 0.25) is 10.0 Å². The number of carbonyl (C=O) groups is 1. The predicted octanol–water partition coefficient (Wildman–Crippen LogP) is 1.18. The number of hydrogen-bond donors (Lipinski definition) is 2. The van der Waals surface area contributed by atoms with Crippen molar-refractivity contribution in [2.24, 2.45) is 0 Å². The van der Waals surface area contributed by atoms with Gasteiger partial charge in [0.15, 0.2) is 6.61 Å². The predicted molar refractivity (Wildman–Crippen MR) is 91.7 cm³/mol. The number of likely N-dealkylation sites (N-methyl/N-ethyl adjacent to an activating group) is 1. The van der Waals surface area contributed by atoms with E-state index in [-0.39, 0.29) is 35.9 Å². The van der Waals surface area contributed by atoms with Crippen molar-refractivity contribution in [2.45, 2.75) is 17.4 Å². The minimum Gasteiger partial charge on any atom is -0.482 e. The average Bonchev–Trinajstić information content (AvgIpc) is 2.99. The summed E-state index contributed by atoms with van der Waals surface area (Å²) in [7, 11) is -2.06. The molecule has 23 heavy (non-hydrogen) atoms. The summed E-state index contributed by atoms with van der Waals surface area (Å²) in [5.74, 6) is 0.100. The maximum Gasteiger partial charge on any atom is 0.262 e. The molecule has 2 aliphatic rings. The van der Waals surface area contributed by atoms with Crippen LogP contribution in [0.25, 0.3) is 0 Å². The fourth-order valence-corrected chi connectivity index (χ4v) is 4.98. The lowest BCUT2D eigenvalue weighted by Crippen LogP contribution is -2.38. The van der Waals surface area contributed by atoms with E-state index in [4.69, 9.17) is 4.74 Å². The quantitative estimate of drug-likeness (QED) is 0.758. The number of amides is 1. The van der Waals surface area contributed by atoms with Crippen molar-refractivity contribution < 1.29 is 17.9 Å². The van der Waals surface area contributed by atoms with E-state index in [1.807, 2.05) is 0 Å². The summed E-state index contributed by atoms with van der Waals surface area (Å²) >= 11 is 3.28. The largest absolute Gasteiger partial charge is 0.482 e. The van der Waals surface area contributed by atoms with E-state index in [0.29, 0.717) is 22.5 Å². The van der Waals surface area contributed by atoms with Crippen LogP contribution in [-0.2, 0) is 14.8 Å². The van der Waals surface area contributed by atoms with E-state index in [9.17, 15) is 13.2 Å². The van der Waals surface area contributed by atoms with E-state index in [1.165, 1.54) is 10.4 Å². The molecular formula is C13H17BrClN3O4S. The maximum absolute atomic E-state index is 12.8. The van der Waals surface area contributed by atoms with Crippen LogP contribution in [0.15, 0.2) is 21.5 Å². The molecule has 1 saturated heterocycles. The number of nitrogens with one attached hydrogen (secondary N) is 2. The molecule has 0 radical (unpaired) electrons. The van der Waals surface area contributed by atoms with Crippen molar-refractivity contribution in [3.05, 3.63) is 16.6 Å². The number of hydrogen-bond acceptors (Lipinski definition) is 5. The minimum absolute atomic E-state index is 0. The van der Waals surface area contributed by atoms with Crippen LogP contribution in [0.4, 0.5) is 5.69 Å². The normalized spacial score (nSPS) is 20.5. The summed E-state index contributed by atoms with van der Waals surface area (Å²) in [6.45, 7) is 1.34. The summed E-state index contributed by atoms with van der Waals surface area (Å²) in [6, 6.07) is 2.95. The molecule has 2 heterocycles.